The maximum Gasteiger partial charge on any atom is 0.263 e. The van der Waals surface area contributed by atoms with Crippen LogP contribution in [0.2, 0.25) is 0 Å². The van der Waals surface area contributed by atoms with Crippen LogP contribution in [0.5, 0.6) is 0 Å². The zero-order chi connectivity index (χ0) is 14.2. The fraction of sp³-hybridized carbons (Fsp3) is 0. The first kappa shape index (κ1) is 13.1. The van der Waals surface area contributed by atoms with E-state index in [1.165, 1.54) is 12.1 Å². The summed E-state index contributed by atoms with van der Waals surface area (Å²) >= 11 is 3.26. The van der Waals surface area contributed by atoms with E-state index in [2.05, 4.69) is 30.8 Å². The molecule has 0 spiro atoms. The van der Waals surface area contributed by atoms with Gasteiger partial charge in [0.05, 0.1) is 10.4 Å². The van der Waals surface area contributed by atoms with Crippen LogP contribution in [0, 0.1) is 0 Å². The zero-order valence-electron chi connectivity index (χ0n) is 10.2. The molecule has 0 saturated carbocycles. The summed E-state index contributed by atoms with van der Waals surface area (Å²) in [6.45, 7) is 0. The van der Waals surface area contributed by atoms with Crippen LogP contribution >= 0.6 is 15.9 Å². The van der Waals surface area contributed by atoms with Gasteiger partial charge in [-0.1, -0.05) is 34.1 Å². The Morgan fingerprint density at radius 3 is 2.70 bits per heavy atom. The minimum atomic E-state index is -3.66. The summed E-state index contributed by atoms with van der Waals surface area (Å²) in [5.74, 6) is 0.292. The number of aromatic amines is 1. The van der Waals surface area contributed by atoms with Crippen molar-refractivity contribution in [1.29, 1.82) is 0 Å². The first-order valence-corrected chi connectivity index (χ1v) is 8.05. The van der Waals surface area contributed by atoms with Gasteiger partial charge in [0.15, 0.2) is 5.82 Å². The van der Waals surface area contributed by atoms with Gasteiger partial charge >= 0.3 is 0 Å². The van der Waals surface area contributed by atoms with Gasteiger partial charge in [0, 0.05) is 9.86 Å². The standard InChI is InChI=1S/C13H10BrN3O2S/c14-9-4-3-5-10(8-9)20(18,19)17-13-11-6-1-2-7-12(11)15-16-13/h1-8H,(H2,15,16,17). The number of aromatic nitrogens is 2. The maximum atomic E-state index is 12.3. The summed E-state index contributed by atoms with van der Waals surface area (Å²) in [5, 5.41) is 7.52. The third-order valence-electron chi connectivity index (χ3n) is 2.81. The Kier molecular flexibility index (Phi) is 3.23. The molecular weight excluding hydrogens is 342 g/mol. The van der Waals surface area contributed by atoms with E-state index in [0.717, 1.165) is 10.9 Å². The van der Waals surface area contributed by atoms with Gasteiger partial charge in [-0.3, -0.25) is 9.82 Å². The molecule has 0 saturated heterocycles. The summed E-state index contributed by atoms with van der Waals surface area (Å²) in [4.78, 5) is 0.180. The number of hydrogen-bond donors (Lipinski definition) is 2. The Balaban J connectivity index is 2.02. The molecule has 1 heterocycles. The first-order chi connectivity index (χ1) is 9.56. The number of nitrogens with zero attached hydrogens (tertiary/aromatic N) is 1. The van der Waals surface area contributed by atoms with E-state index in [-0.39, 0.29) is 4.90 Å². The second-order valence-electron chi connectivity index (χ2n) is 4.18. The van der Waals surface area contributed by atoms with Crippen molar-refractivity contribution >= 4 is 42.7 Å². The molecule has 1 aromatic heterocycles. The van der Waals surface area contributed by atoms with Gasteiger partial charge in [0.2, 0.25) is 0 Å². The highest BCUT2D eigenvalue weighted by atomic mass is 79.9. The molecule has 20 heavy (non-hydrogen) atoms. The lowest BCUT2D eigenvalue weighted by molar-refractivity contribution is 0.601. The Morgan fingerprint density at radius 1 is 1.10 bits per heavy atom. The van der Waals surface area contributed by atoms with E-state index in [1.54, 1.807) is 18.2 Å². The number of fused-ring (bicyclic) bond motifs is 1. The van der Waals surface area contributed by atoms with E-state index in [0.29, 0.717) is 10.3 Å². The summed E-state index contributed by atoms with van der Waals surface area (Å²) in [5.41, 5.74) is 0.777. The second-order valence-corrected chi connectivity index (χ2v) is 6.78. The molecule has 2 aromatic carbocycles. The van der Waals surface area contributed by atoms with E-state index >= 15 is 0 Å². The molecule has 102 valence electrons. The number of anilines is 1. The lowest BCUT2D eigenvalue weighted by Crippen LogP contribution is -2.13. The minimum absolute atomic E-state index is 0.180. The molecule has 0 fully saturated rings. The second kappa shape index (κ2) is 4.92. The summed E-state index contributed by atoms with van der Waals surface area (Å²) in [6.07, 6.45) is 0. The molecule has 0 atom stereocenters. The van der Waals surface area contributed by atoms with Crippen LogP contribution < -0.4 is 4.72 Å². The van der Waals surface area contributed by atoms with Crippen LogP contribution in [0.15, 0.2) is 57.9 Å². The Labute approximate surface area is 124 Å². The fourth-order valence-corrected chi connectivity index (χ4v) is 3.48. The number of halogens is 1. The van der Waals surface area contributed by atoms with Crippen LogP contribution in [0.3, 0.4) is 0 Å². The minimum Gasteiger partial charge on any atom is -0.276 e. The van der Waals surface area contributed by atoms with Gasteiger partial charge in [-0.05, 0) is 30.3 Å². The monoisotopic (exact) mass is 351 g/mol. The number of nitrogens with one attached hydrogen (secondary N) is 2. The molecule has 0 unspecified atom stereocenters. The van der Waals surface area contributed by atoms with Gasteiger partial charge in [0.1, 0.15) is 0 Å². The van der Waals surface area contributed by atoms with Crippen molar-refractivity contribution in [1.82, 2.24) is 10.2 Å². The first-order valence-electron chi connectivity index (χ1n) is 5.78. The number of sulfonamides is 1. The highest BCUT2D eigenvalue weighted by Crippen LogP contribution is 2.23. The number of hydrogen-bond acceptors (Lipinski definition) is 3. The normalized spacial score (nSPS) is 11.7. The Bertz CT molecular complexity index is 874. The van der Waals surface area contributed by atoms with Crippen LogP contribution in [0.4, 0.5) is 5.82 Å². The van der Waals surface area contributed by atoms with Crippen molar-refractivity contribution in [3.63, 3.8) is 0 Å². The van der Waals surface area contributed by atoms with E-state index < -0.39 is 10.0 Å². The smallest absolute Gasteiger partial charge is 0.263 e. The number of para-hydroxylation sites is 1. The largest absolute Gasteiger partial charge is 0.276 e. The molecule has 5 nitrogen and oxygen atoms in total. The lowest BCUT2D eigenvalue weighted by Gasteiger charge is -2.06. The van der Waals surface area contributed by atoms with Crippen molar-refractivity contribution < 1.29 is 8.42 Å². The maximum absolute atomic E-state index is 12.3. The predicted molar refractivity (Wildman–Crippen MR) is 81.0 cm³/mol. The topological polar surface area (TPSA) is 74.8 Å². The third-order valence-corrected chi connectivity index (χ3v) is 4.64. The summed E-state index contributed by atoms with van der Waals surface area (Å²) in [7, 11) is -3.66. The average Bonchev–Trinajstić information content (AvgIpc) is 2.82. The average molecular weight is 352 g/mol. The molecule has 0 bridgehead atoms. The van der Waals surface area contributed by atoms with Gasteiger partial charge in [-0.2, -0.15) is 5.10 Å². The summed E-state index contributed by atoms with van der Waals surface area (Å²) < 4.78 is 27.8. The molecule has 3 rings (SSSR count). The van der Waals surface area contributed by atoms with E-state index in [9.17, 15) is 8.42 Å². The van der Waals surface area contributed by atoms with E-state index in [1.807, 2.05) is 18.2 Å². The van der Waals surface area contributed by atoms with E-state index in [4.69, 9.17) is 0 Å². The predicted octanol–water partition coefficient (Wildman–Crippen LogP) is 3.13. The van der Waals surface area contributed by atoms with Crippen molar-refractivity contribution in [3.8, 4) is 0 Å². The highest BCUT2D eigenvalue weighted by Gasteiger charge is 2.17. The van der Waals surface area contributed by atoms with Crippen LogP contribution in [0.25, 0.3) is 10.9 Å². The molecule has 0 aliphatic heterocycles. The third kappa shape index (κ3) is 2.41. The highest BCUT2D eigenvalue weighted by molar-refractivity contribution is 9.10. The molecule has 0 amide bonds. The van der Waals surface area contributed by atoms with Gasteiger partial charge < -0.3 is 0 Å². The zero-order valence-corrected chi connectivity index (χ0v) is 12.6. The van der Waals surface area contributed by atoms with Crippen molar-refractivity contribution in [2.45, 2.75) is 4.90 Å². The Morgan fingerprint density at radius 2 is 1.90 bits per heavy atom. The molecule has 0 aliphatic carbocycles. The molecular formula is C13H10BrN3O2S. The Hall–Kier alpha value is -1.86. The number of H-pyrrole nitrogens is 1. The molecule has 3 aromatic rings. The SMILES string of the molecule is O=S(=O)(Nc1n[nH]c2ccccc12)c1cccc(Br)c1. The lowest BCUT2D eigenvalue weighted by atomic mass is 10.2. The van der Waals surface area contributed by atoms with Crippen molar-refractivity contribution in [3.05, 3.63) is 53.0 Å². The molecule has 0 aliphatic rings. The van der Waals surface area contributed by atoms with Crippen LogP contribution in [-0.2, 0) is 10.0 Å². The summed E-state index contributed by atoms with van der Waals surface area (Å²) in [6, 6.07) is 13.8. The number of benzene rings is 2. The van der Waals surface area contributed by atoms with Gasteiger partial charge in [0.25, 0.3) is 10.0 Å². The van der Waals surface area contributed by atoms with Gasteiger partial charge in [-0.15, -0.1) is 0 Å². The number of rotatable bonds is 3. The molecule has 0 radical (unpaired) electrons. The quantitative estimate of drug-likeness (QED) is 0.761. The van der Waals surface area contributed by atoms with Gasteiger partial charge in [-0.25, -0.2) is 8.42 Å². The molecule has 7 heteroatoms. The van der Waals surface area contributed by atoms with Crippen LogP contribution in [0.1, 0.15) is 0 Å². The van der Waals surface area contributed by atoms with Crippen molar-refractivity contribution in [2.24, 2.45) is 0 Å². The fourth-order valence-electron chi connectivity index (χ4n) is 1.86. The van der Waals surface area contributed by atoms with Crippen molar-refractivity contribution in [2.75, 3.05) is 4.72 Å². The molecule has 2 N–H and O–H groups in total. The van der Waals surface area contributed by atoms with Crippen LogP contribution in [-0.4, -0.2) is 18.6 Å².